The fourth-order valence-electron chi connectivity index (χ4n) is 2.29. The Morgan fingerprint density at radius 1 is 1.32 bits per heavy atom. The molecule has 0 aromatic rings. The summed E-state index contributed by atoms with van der Waals surface area (Å²) in [5, 5.41) is 11.8. The predicted octanol–water partition coefficient (Wildman–Crippen LogP) is 2.17. The molecule has 1 rings (SSSR count). The first-order chi connectivity index (χ1) is 9.16. The SMILES string of the molecule is CSCCCCCCNC(=O)N1CCC[C@H]1C(=O)O. The predicted molar refractivity (Wildman–Crippen MR) is 77.6 cm³/mol. The topological polar surface area (TPSA) is 69.6 Å². The number of unbranched alkanes of at least 4 members (excludes halogenated alkanes) is 3. The zero-order chi connectivity index (χ0) is 14.1. The Morgan fingerprint density at radius 3 is 2.74 bits per heavy atom. The van der Waals surface area contributed by atoms with E-state index in [1.54, 1.807) is 0 Å². The number of aliphatic carboxylic acids is 1. The number of rotatable bonds is 8. The number of carboxylic acids is 1. The molecule has 0 spiro atoms. The summed E-state index contributed by atoms with van der Waals surface area (Å²) >= 11 is 1.86. The highest BCUT2D eigenvalue weighted by Gasteiger charge is 2.33. The molecule has 1 aliphatic rings. The number of carbonyl (C=O) groups excluding carboxylic acids is 1. The Morgan fingerprint density at radius 2 is 2.05 bits per heavy atom. The molecule has 2 amide bonds. The van der Waals surface area contributed by atoms with Crippen LogP contribution in [0.1, 0.15) is 38.5 Å². The molecule has 5 nitrogen and oxygen atoms in total. The lowest BCUT2D eigenvalue weighted by atomic mass is 10.2. The van der Waals surface area contributed by atoms with E-state index in [4.69, 9.17) is 5.11 Å². The highest BCUT2D eigenvalue weighted by atomic mass is 32.2. The maximum Gasteiger partial charge on any atom is 0.326 e. The third-order valence-electron chi connectivity index (χ3n) is 3.35. The van der Waals surface area contributed by atoms with Crippen LogP contribution in [0.4, 0.5) is 4.79 Å². The summed E-state index contributed by atoms with van der Waals surface area (Å²) in [5.41, 5.74) is 0. The van der Waals surface area contributed by atoms with E-state index in [0.29, 0.717) is 19.5 Å². The third kappa shape index (κ3) is 5.72. The van der Waals surface area contributed by atoms with Gasteiger partial charge in [0.15, 0.2) is 0 Å². The molecule has 6 heteroatoms. The third-order valence-corrected chi connectivity index (χ3v) is 4.05. The molecule has 1 saturated heterocycles. The molecule has 0 aromatic heterocycles. The van der Waals surface area contributed by atoms with Gasteiger partial charge >= 0.3 is 12.0 Å². The number of carboxylic acid groups (broad SMARTS) is 1. The van der Waals surface area contributed by atoms with Gasteiger partial charge in [-0.15, -0.1) is 0 Å². The maximum atomic E-state index is 11.8. The molecule has 0 aromatic carbocycles. The normalized spacial score (nSPS) is 18.6. The summed E-state index contributed by atoms with van der Waals surface area (Å²) in [6.07, 6.45) is 7.95. The van der Waals surface area contributed by atoms with Gasteiger partial charge in [-0.05, 0) is 37.7 Å². The van der Waals surface area contributed by atoms with Crippen LogP contribution < -0.4 is 5.32 Å². The van der Waals surface area contributed by atoms with E-state index in [1.807, 2.05) is 11.8 Å². The average Bonchev–Trinajstić information content (AvgIpc) is 2.87. The molecule has 1 aliphatic heterocycles. The minimum Gasteiger partial charge on any atom is -0.480 e. The number of nitrogens with zero attached hydrogens (tertiary/aromatic N) is 1. The zero-order valence-corrected chi connectivity index (χ0v) is 12.4. The Balaban J connectivity index is 2.12. The Labute approximate surface area is 119 Å². The second kappa shape index (κ2) is 9.07. The standard InChI is InChI=1S/C13H24N2O3S/c1-19-10-5-3-2-4-8-14-13(18)15-9-6-7-11(15)12(16)17/h11H,2-10H2,1H3,(H,14,18)(H,16,17)/t11-/m0/s1. The van der Waals surface area contributed by atoms with E-state index in [2.05, 4.69) is 11.6 Å². The van der Waals surface area contributed by atoms with Crippen molar-refractivity contribution in [2.45, 2.75) is 44.6 Å². The summed E-state index contributed by atoms with van der Waals surface area (Å²) in [4.78, 5) is 24.3. The number of hydrogen-bond donors (Lipinski definition) is 2. The molecule has 1 fully saturated rings. The number of thioether (sulfide) groups is 1. The highest BCUT2D eigenvalue weighted by molar-refractivity contribution is 7.98. The van der Waals surface area contributed by atoms with Crippen molar-refractivity contribution in [2.24, 2.45) is 0 Å². The van der Waals surface area contributed by atoms with Gasteiger partial charge in [0.2, 0.25) is 0 Å². The van der Waals surface area contributed by atoms with Crippen LogP contribution in [-0.2, 0) is 4.79 Å². The van der Waals surface area contributed by atoms with Crippen LogP contribution in [0.3, 0.4) is 0 Å². The van der Waals surface area contributed by atoms with Crippen molar-refractivity contribution >= 4 is 23.8 Å². The summed E-state index contributed by atoms with van der Waals surface area (Å²) < 4.78 is 0. The molecule has 1 heterocycles. The van der Waals surface area contributed by atoms with Gasteiger partial charge in [-0.3, -0.25) is 0 Å². The lowest BCUT2D eigenvalue weighted by molar-refractivity contribution is -0.141. The highest BCUT2D eigenvalue weighted by Crippen LogP contribution is 2.17. The second-order valence-corrected chi connectivity index (χ2v) is 5.81. The minimum atomic E-state index is -0.898. The number of carbonyl (C=O) groups is 2. The molecule has 19 heavy (non-hydrogen) atoms. The molecule has 0 bridgehead atoms. The van der Waals surface area contributed by atoms with Gasteiger partial charge in [-0.1, -0.05) is 12.8 Å². The van der Waals surface area contributed by atoms with Crippen LogP contribution in [0, 0.1) is 0 Å². The summed E-state index contributed by atoms with van der Waals surface area (Å²) in [6, 6.07) is -0.865. The van der Waals surface area contributed by atoms with Crippen LogP contribution in [0.15, 0.2) is 0 Å². The number of nitrogens with one attached hydrogen (secondary N) is 1. The monoisotopic (exact) mass is 288 g/mol. The van der Waals surface area contributed by atoms with Crippen molar-refractivity contribution in [3.8, 4) is 0 Å². The van der Waals surface area contributed by atoms with E-state index in [1.165, 1.54) is 23.5 Å². The summed E-state index contributed by atoms with van der Waals surface area (Å²) in [7, 11) is 0. The van der Waals surface area contributed by atoms with Gasteiger partial charge in [0.25, 0.3) is 0 Å². The van der Waals surface area contributed by atoms with E-state index in [-0.39, 0.29) is 6.03 Å². The van der Waals surface area contributed by atoms with E-state index >= 15 is 0 Å². The van der Waals surface area contributed by atoms with Crippen LogP contribution in [0.2, 0.25) is 0 Å². The van der Waals surface area contributed by atoms with Crippen molar-refractivity contribution in [2.75, 3.05) is 25.1 Å². The molecule has 0 unspecified atom stereocenters. The van der Waals surface area contributed by atoms with Crippen molar-refractivity contribution in [3.05, 3.63) is 0 Å². The largest absolute Gasteiger partial charge is 0.480 e. The summed E-state index contributed by atoms with van der Waals surface area (Å²) in [5.74, 6) is 0.296. The smallest absolute Gasteiger partial charge is 0.326 e. The molecular weight excluding hydrogens is 264 g/mol. The van der Waals surface area contributed by atoms with Gasteiger partial charge < -0.3 is 15.3 Å². The molecule has 1 atom stereocenters. The summed E-state index contributed by atoms with van der Waals surface area (Å²) in [6.45, 7) is 1.19. The quantitative estimate of drug-likeness (QED) is 0.672. The van der Waals surface area contributed by atoms with E-state index in [9.17, 15) is 9.59 Å². The molecule has 110 valence electrons. The number of amides is 2. The number of hydrogen-bond acceptors (Lipinski definition) is 3. The zero-order valence-electron chi connectivity index (χ0n) is 11.6. The first kappa shape index (κ1) is 16.1. The maximum absolute atomic E-state index is 11.8. The second-order valence-electron chi connectivity index (χ2n) is 4.83. The van der Waals surface area contributed by atoms with Crippen LogP contribution in [0.25, 0.3) is 0 Å². The number of likely N-dealkylation sites (tertiary alicyclic amines) is 1. The Bertz CT molecular complexity index is 300. The lowest BCUT2D eigenvalue weighted by Gasteiger charge is -2.21. The van der Waals surface area contributed by atoms with Gasteiger partial charge in [0, 0.05) is 13.1 Å². The fraction of sp³-hybridized carbons (Fsp3) is 0.846. The van der Waals surface area contributed by atoms with Gasteiger partial charge in [-0.25, -0.2) is 9.59 Å². The molecule has 0 radical (unpaired) electrons. The molecule has 0 aliphatic carbocycles. The fourth-order valence-corrected chi connectivity index (χ4v) is 2.78. The number of urea groups is 1. The van der Waals surface area contributed by atoms with Crippen molar-refractivity contribution in [1.29, 1.82) is 0 Å². The van der Waals surface area contributed by atoms with Crippen molar-refractivity contribution < 1.29 is 14.7 Å². The van der Waals surface area contributed by atoms with Crippen LogP contribution in [0.5, 0.6) is 0 Å². The molecule has 2 N–H and O–H groups in total. The first-order valence-corrected chi connectivity index (χ1v) is 8.32. The van der Waals surface area contributed by atoms with E-state index < -0.39 is 12.0 Å². The van der Waals surface area contributed by atoms with Crippen LogP contribution in [-0.4, -0.2) is 53.1 Å². The molecular formula is C13H24N2O3S. The van der Waals surface area contributed by atoms with Gasteiger partial charge in [0.05, 0.1) is 0 Å². The van der Waals surface area contributed by atoms with E-state index in [0.717, 1.165) is 19.3 Å². The van der Waals surface area contributed by atoms with Crippen LogP contribution >= 0.6 is 11.8 Å². The Kier molecular flexibility index (Phi) is 7.70. The molecule has 0 saturated carbocycles. The van der Waals surface area contributed by atoms with Crippen molar-refractivity contribution in [3.63, 3.8) is 0 Å². The van der Waals surface area contributed by atoms with Crippen molar-refractivity contribution in [1.82, 2.24) is 10.2 Å². The van der Waals surface area contributed by atoms with Gasteiger partial charge in [-0.2, -0.15) is 11.8 Å². The Hall–Kier alpha value is -0.910. The first-order valence-electron chi connectivity index (χ1n) is 6.93. The average molecular weight is 288 g/mol. The van der Waals surface area contributed by atoms with Gasteiger partial charge in [0.1, 0.15) is 6.04 Å². The lowest BCUT2D eigenvalue weighted by Crippen LogP contribution is -2.46. The minimum absolute atomic E-state index is 0.228.